The Morgan fingerprint density at radius 2 is 1.85 bits per heavy atom. The molecule has 1 unspecified atom stereocenters. The molecule has 202 valence electrons. The van der Waals surface area contributed by atoms with Gasteiger partial charge in [-0.05, 0) is 60.9 Å². The molecule has 0 saturated heterocycles. The van der Waals surface area contributed by atoms with Crippen LogP contribution in [0.4, 0.5) is 17.2 Å². The zero-order valence-corrected chi connectivity index (χ0v) is 23.0. The molecule has 2 aromatic heterocycles. The standard InChI is InChI=1S/C29H32N6O3S/c1-19-14-23(9-11-27(19)38-24-10-4-20(2)31-17-24)34-29-28-26(32-18-33-29)15-25(35-28)22-7-5-21(6-8-22)16-30-12-13-39(3,36)37/h4-11,14,17-18,25,30,35H,12-13,15-16H2,1-3H3,(H,32,33,34). The van der Waals surface area contributed by atoms with Crippen molar-refractivity contribution in [3.05, 3.63) is 95.2 Å². The first-order valence-electron chi connectivity index (χ1n) is 12.8. The van der Waals surface area contributed by atoms with E-state index in [1.54, 1.807) is 12.5 Å². The van der Waals surface area contributed by atoms with E-state index in [0.717, 1.165) is 57.4 Å². The Morgan fingerprint density at radius 1 is 1.03 bits per heavy atom. The summed E-state index contributed by atoms with van der Waals surface area (Å²) in [5.41, 5.74) is 6.96. The summed E-state index contributed by atoms with van der Waals surface area (Å²) in [7, 11) is -2.96. The number of ether oxygens (including phenoxy) is 1. The average Bonchev–Trinajstić information content (AvgIpc) is 3.35. The molecule has 0 amide bonds. The number of rotatable bonds is 10. The predicted octanol–water partition coefficient (Wildman–Crippen LogP) is 4.87. The Morgan fingerprint density at radius 3 is 2.56 bits per heavy atom. The second-order valence-electron chi connectivity index (χ2n) is 9.84. The van der Waals surface area contributed by atoms with Crippen LogP contribution in [0.25, 0.3) is 0 Å². The maximum Gasteiger partial charge on any atom is 0.157 e. The highest BCUT2D eigenvalue weighted by atomic mass is 32.2. The lowest BCUT2D eigenvalue weighted by atomic mass is 10.0. The molecule has 1 aliphatic heterocycles. The van der Waals surface area contributed by atoms with E-state index in [1.807, 2.05) is 44.2 Å². The van der Waals surface area contributed by atoms with Gasteiger partial charge in [0.2, 0.25) is 0 Å². The first-order chi connectivity index (χ1) is 18.7. The number of aromatic nitrogens is 3. The molecule has 1 atom stereocenters. The van der Waals surface area contributed by atoms with Gasteiger partial charge in [0, 0.05) is 37.1 Å². The smallest absolute Gasteiger partial charge is 0.157 e. The van der Waals surface area contributed by atoms with Crippen LogP contribution in [-0.2, 0) is 22.8 Å². The number of pyridine rings is 1. The maximum atomic E-state index is 11.3. The molecule has 3 N–H and O–H groups in total. The van der Waals surface area contributed by atoms with Crippen molar-refractivity contribution in [1.29, 1.82) is 0 Å². The van der Waals surface area contributed by atoms with Crippen LogP contribution in [0.3, 0.4) is 0 Å². The fourth-order valence-corrected chi connectivity index (χ4v) is 4.94. The fourth-order valence-electron chi connectivity index (χ4n) is 4.42. The Bertz CT molecular complexity index is 1560. The minimum absolute atomic E-state index is 0.0881. The third kappa shape index (κ3) is 6.90. The Hall–Kier alpha value is -4.02. The van der Waals surface area contributed by atoms with E-state index in [9.17, 15) is 8.42 Å². The summed E-state index contributed by atoms with van der Waals surface area (Å²) < 4.78 is 28.6. The summed E-state index contributed by atoms with van der Waals surface area (Å²) in [4.78, 5) is 13.3. The highest BCUT2D eigenvalue weighted by Crippen LogP contribution is 2.38. The average molecular weight is 545 g/mol. The van der Waals surface area contributed by atoms with E-state index in [4.69, 9.17) is 4.74 Å². The summed E-state index contributed by atoms with van der Waals surface area (Å²) in [6.07, 6.45) is 5.32. The minimum Gasteiger partial charge on any atom is -0.455 e. The lowest BCUT2D eigenvalue weighted by molar-refractivity contribution is 0.476. The largest absolute Gasteiger partial charge is 0.455 e. The van der Waals surface area contributed by atoms with Crippen molar-refractivity contribution in [2.24, 2.45) is 0 Å². The van der Waals surface area contributed by atoms with Crippen LogP contribution in [-0.4, -0.2) is 41.9 Å². The van der Waals surface area contributed by atoms with Gasteiger partial charge < -0.3 is 20.7 Å². The van der Waals surface area contributed by atoms with Crippen LogP contribution in [0.1, 0.15) is 34.1 Å². The molecular weight excluding hydrogens is 512 g/mol. The van der Waals surface area contributed by atoms with Crippen LogP contribution in [0.15, 0.2) is 67.1 Å². The van der Waals surface area contributed by atoms with Gasteiger partial charge in [0.1, 0.15) is 27.7 Å². The van der Waals surface area contributed by atoms with E-state index >= 15 is 0 Å². The second-order valence-corrected chi connectivity index (χ2v) is 12.1. The van der Waals surface area contributed by atoms with Crippen LogP contribution < -0.4 is 20.7 Å². The topological polar surface area (TPSA) is 118 Å². The molecule has 0 saturated carbocycles. The monoisotopic (exact) mass is 544 g/mol. The number of nitrogens with one attached hydrogen (secondary N) is 3. The van der Waals surface area contributed by atoms with Crippen molar-refractivity contribution in [2.45, 2.75) is 32.9 Å². The molecule has 9 nitrogen and oxygen atoms in total. The van der Waals surface area contributed by atoms with Crippen LogP contribution >= 0.6 is 0 Å². The predicted molar refractivity (Wildman–Crippen MR) is 153 cm³/mol. The van der Waals surface area contributed by atoms with Crippen molar-refractivity contribution in [3.63, 3.8) is 0 Å². The molecule has 10 heteroatoms. The minimum atomic E-state index is -2.96. The normalized spacial score (nSPS) is 14.5. The Kier molecular flexibility index (Phi) is 7.76. The number of aryl methyl sites for hydroxylation is 2. The van der Waals surface area contributed by atoms with Crippen molar-refractivity contribution >= 4 is 27.0 Å². The van der Waals surface area contributed by atoms with Crippen molar-refractivity contribution in [2.75, 3.05) is 29.2 Å². The lowest BCUT2D eigenvalue weighted by Crippen LogP contribution is -2.21. The van der Waals surface area contributed by atoms with Crippen LogP contribution in [0, 0.1) is 13.8 Å². The van der Waals surface area contributed by atoms with Crippen molar-refractivity contribution in [1.82, 2.24) is 20.3 Å². The summed E-state index contributed by atoms with van der Waals surface area (Å²) in [6.45, 7) is 5.01. The molecule has 3 heterocycles. The molecule has 0 bridgehead atoms. The molecule has 1 aliphatic rings. The molecular formula is C29H32N6O3S. The summed E-state index contributed by atoms with van der Waals surface area (Å²) in [5.74, 6) is 2.33. The number of fused-ring (bicyclic) bond motifs is 1. The van der Waals surface area contributed by atoms with Gasteiger partial charge in [-0.25, -0.2) is 18.4 Å². The number of sulfone groups is 1. The van der Waals surface area contributed by atoms with E-state index in [1.165, 1.54) is 6.26 Å². The molecule has 0 spiro atoms. The molecule has 39 heavy (non-hydrogen) atoms. The van der Waals surface area contributed by atoms with E-state index in [-0.39, 0.29) is 11.8 Å². The molecule has 0 radical (unpaired) electrons. The highest BCUT2D eigenvalue weighted by Gasteiger charge is 2.26. The van der Waals surface area contributed by atoms with Gasteiger partial charge in [-0.3, -0.25) is 4.98 Å². The summed E-state index contributed by atoms with van der Waals surface area (Å²) in [6, 6.07) is 18.2. The van der Waals surface area contributed by atoms with Gasteiger partial charge in [0.15, 0.2) is 5.82 Å². The first kappa shape index (κ1) is 26.6. The number of nitrogens with zero attached hydrogens (tertiary/aromatic N) is 3. The lowest BCUT2D eigenvalue weighted by Gasteiger charge is -2.15. The van der Waals surface area contributed by atoms with Gasteiger partial charge in [-0.2, -0.15) is 0 Å². The maximum absolute atomic E-state index is 11.3. The zero-order chi connectivity index (χ0) is 27.4. The fraction of sp³-hybridized carbons (Fsp3) is 0.276. The van der Waals surface area contributed by atoms with E-state index in [2.05, 4.69) is 55.2 Å². The molecule has 5 rings (SSSR count). The molecule has 0 aliphatic carbocycles. The van der Waals surface area contributed by atoms with Crippen molar-refractivity contribution in [3.8, 4) is 11.5 Å². The first-order valence-corrected chi connectivity index (χ1v) is 14.9. The SMILES string of the molecule is Cc1ccc(Oc2ccc(Nc3ncnc4c3NC(c3ccc(CNCCS(C)(=O)=O)cc3)C4)cc2C)cn1. The third-order valence-corrected chi connectivity index (χ3v) is 7.50. The summed E-state index contributed by atoms with van der Waals surface area (Å²) in [5, 5.41) is 10.2. The number of anilines is 3. The third-order valence-electron chi connectivity index (χ3n) is 6.55. The number of hydrogen-bond donors (Lipinski definition) is 3. The van der Waals surface area contributed by atoms with Gasteiger partial charge in [0.25, 0.3) is 0 Å². The summed E-state index contributed by atoms with van der Waals surface area (Å²) >= 11 is 0. The van der Waals surface area contributed by atoms with Gasteiger partial charge in [0.05, 0.1) is 29.4 Å². The van der Waals surface area contributed by atoms with Crippen LogP contribution in [0.5, 0.6) is 11.5 Å². The van der Waals surface area contributed by atoms with E-state index in [0.29, 0.717) is 18.8 Å². The second kappa shape index (κ2) is 11.4. The van der Waals surface area contributed by atoms with Gasteiger partial charge in [-0.1, -0.05) is 24.3 Å². The van der Waals surface area contributed by atoms with Gasteiger partial charge in [-0.15, -0.1) is 0 Å². The molecule has 2 aromatic carbocycles. The molecule has 4 aromatic rings. The van der Waals surface area contributed by atoms with E-state index < -0.39 is 9.84 Å². The quantitative estimate of drug-likeness (QED) is 0.240. The Balaban J connectivity index is 1.22. The van der Waals surface area contributed by atoms with Crippen molar-refractivity contribution < 1.29 is 13.2 Å². The highest BCUT2D eigenvalue weighted by molar-refractivity contribution is 7.90. The zero-order valence-electron chi connectivity index (χ0n) is 22.2. The van der Waals surface area contributed by atoms with Gasteiger partial charge >= 0.3 is 0 Å². The number of benzene rings is 2. The number of hydrogen-bond acceptors (Lipinski definition) is 9. The van der Waals surface area contributed by atoms with Crippen LogP contribution in [0.2, 0.25) is 0 Å². The molecule has 0 fully saturated rings. The Labute approximate surface area is 229 Å².